The van der Waals surface area contributed by atoms with Gasteiger partial charge in [0.05, 0.1) is 12.4 Å². The number of sulfonamides is 1. The molecule has 0 unspecified atom stereocenters. The van der Waals surface area contributed by atoms with Crippen LogP contribution in [0, 0.1) is 0 Å². The van der Waals surface area contributed by atoms with Crippen molar-refractivity contribution in [1.82, 2.24) is 14.9 Å². The van der Waals surface area contributed by atoms with Crippen molar-refractivity contribution in [3.8, 4) is 5.75 Å². The number of rotatable bonds is 12. The number of aliphatic imine (C=N–C) groups is 1. The van der Waals surface area contributed by atoms with Crippen molar-refractivity contribution in [3.63, 3.8) is 0 Å². The van der Waals surface area contributed by atoms with E-state index in [2.05, 4.69) is 15.6 Å². The van der Waals surface area contributed by atoms with Gasteiger partial charge >= 0.3 is 0 Å². The Morgan fingerprint density at radius 1 is 1.15 bits per heavy atom. The number of hydrogen-bond donors (Lipinski definition) is 2. The van der Waals surface area contributed by atoms with E-state index in [1.54, 1.807) is 14.0 Å². The summed E-state index contributed by atoms with van der Waals surface area (Å²) in [5.41, 5.74) is 0. The van der Waals surface area contributed by atoms with Gasteiger partial charge in [0, 0.05) is 39.6 Å². The highest BCUT2D eigenvalue weighted by Gasteiger charge is 2.13. The minimum atomic E-state index is -3.11. The highest BCUT2D eigenvalue weighted by Crippen LogP contribution is 2.08. The van der Waals surface area contributed by atoms with E-state index >= 15 is 0 Å². The molecule has 0 heterocycles. The molecule has 0 aromatic heterocycles. The molecule has 0 aliphatic rings. The molecular formula is C18H33IN4O3S. The van der Waals surface area contributed by atoms with E-state index in [4.69, 9.17) is 4.74 Å². The van der Waals surface area contributed by atoms with Gasteiger partial charge in [0.25, 0.3) is 0 Å². The Kier molecular flexibility index (Phi) is 14.3. The molecule has 1 rings (SSSR count). The molecular weight excluding hydrogens is 479 g/mol. The zero-order chi connectivity index (χ0) is 19.3. The van der Waals surface area contributed by atoms with Crippen LogP contribution in [0.3, 0.4) is 0 Å². The van der Waals surface area contributed by atoms with E-state index in [9.17, 15) is 8.42 Å². The Balaban J connectivity index is 0.00000676. The lowest BCUT2D eigenvalue weighted by atomic mass is 10.3. The zero-order valence-corrected chi connectivity index (χ0v) is 19.6. The molecule has 0 spiro atoms. The summed E-state index contributed by atoms with van der Waals surface area (Å²) in [6, 6.07) is 9.73. The normalized spacial score (nSPS) is 11.8. The second-order valence-corrected chi connectivity index (χ2v) is 8.14. The first-order chi connectivity index (χ1) is 12.5. The molecule has 7 nitrogen and oxygen atoms in total. The summed E-state index contributed by atoms with van der Waals surface area (Å²) < 4.78 is 30.4. The maximum Gasteiger partial charge on any atom is 0.213 e. The van der Waals surface area contributed by atoms with E-state index in [0.29, 0.717) is 26.2 Å². The number of nitrogens with zero attached hydrogens (tertiary/aromatic N) is 2. The lowest BCUT2D eigenvalue weighted by Crippen LogP contribution is -2.39. The average Bonchev–Trinajstić information content (AvgIpc) is 2.65. The van der Waals surface area contributed by atoms with E-state index in [-0.39, 0.29) is 29.7 Å². The summed E-state index contributed by atoms with van der Waals surface area (Å²) in [5.74, 6) is 1.74. The third kappa shape index (κ3) is 11.4. The molecule has 0 aliphatic heterocycles. The van der Waals surface area contributed by atoms with Crippen LogP contribution in [0.5, 0.6) is 5.75 Å². The minimum absolute atomic E-state index is 0. The molecule has 156 valence electrons. The molecule has 2 N–H and O–H groups in total. The fraction of sp³-hybridized carbons (Fsp3) is 0.611. The predicted molar refractivity (Wildman–Crippen MR) is 123 cm³/mol. The van der Waals surface area contributed by atoms with Gasteiger partial charge in [-0.15, -0.1) is 24.0 Å². The average molecular weight is 512 g/mol. The zero-order valence-electron chi connectivity index (χ0n) is 16.5. The number of hydrogen-bond acceptors (Lipinski definition) is 4. The Labute approximate surface area is 181 Å². The first-order valence-corrected chi connectivity index (χ1v) is 10.7. The van der Waals surface area contributed by atoms with Gasteiger partial charge in [-0.3, -0.25) is 4.99 Å². The van der Waals surface area contributed by atoms with Gasteiger partial charge in [0.2, 0.25) is 10.0 Å². The summed E-state index contributed by atoms with van der Waals surface area (Å²) in [7, 11) is -1.49. The van der Waals surface area contributed by atoms with Crippen LogP contribution >= 0.6 is 24.0 Å². The molecule has 0 saturated heterocycles. The van der Waals surface area contributed by atoms with Crippen LogP contribution in [0.25, 0.3) is 0 Å². The fourth-order valence-corrected chi connectivity index (χ4v) is 3.02. The number of benzene rings is 1. The van der Waals surface area contributed by atoms with Crippen LogP contribution in [0.1, 0.15) is 26.7 Å². The largest absolute Gasteiger partial charge is 0.494 e. The van der Waals surface area contributed by atoms with E-state index in [0.717, 1.165) is 31.1 Å². The summed E-state index contributed by atoms with van der Waals surface area (Å²) in [6.07, 6.45) is 1.54. The molecule has 1 aromatic carbocycles. The Morgan fingerprint density at radius 2 is 1.85 bits per heavy atom. The van der Waals surface area contributed by atoms with Gasteiger partial charge in [-0.1, -0.05) is 18.2 Å². The van der Waals surface area contributed by atoms with Crippen molar-refractivity contribution in [3.05, 3.63) is 30.3 Å². The maximum atomic E-state index is 11.7. The maximum absolute atomic E-state index is 11.7. The molecule has 0 atom stereocenters. The van der Waals surface area contributed by atoms with Crippen LogP contribution in [-0.4, -0.2) is 64.3 Å². The van der Waals surface area contributed by atoms with E-state index in [1.807, 2.05) is 37.3 Å². The van der Waals surface area contributed by atoms with E-state index < -0.39 is 10.0 Å². The van der Waals surface area contributed by atoms with Gasteiger partial charge in [-0.05, 0) is 32.4 Å². The van der Waals surface area contributed by atoms with Crippen molar-refractivity contribution >= 4 is 40.0 Å². The summed E-state index contributed by atoms with van der Waals surface area (Å²) in [6.45, 7) is 6.87. The topological polar surface area (TPSA) is 83.0 Å². The molecule has 0 amide bonds. The Hall–Kier alpha value is -1.07. The third-order valence-electron chi connectivity index (χ3n) is 3.71. The molecule has 0 aliphatic carbocycles. The monoisotopic (exact) mass is 512 g/mol. The molecule has 9 heteroatoms. The summed E-state index contributed by atoms with van der Waals surface area (Å²) >= 11 is 0. The first kappa shape index (κ1) is 25.9. The molecule has 0 fully saturated rings. The van der Waals surface area contributed by atoms with Crippen molar-refractivity contribution < 1.29 is 13.2 Å². The summed E-state index contributed by atoms with van der Waals surface area (Å²) in [4.78, 5) is 4.51. The van der Waals surface area contributed by atoms with Gasteiger partial charge in [-0.25, -0.2) is 12.7 Å². The van der Waals surface area contributed by atoms with Gasteiger partial charge in [-0.2, -0.15) is 0 Å². The van der Waals surface area contributed by atoms with Crippen molar-refractivity contribution in [2.45, 2.75) is 26.7 Å². The van der Waals surface area contributed by atoms with Crippen molar-refractivity contribution in [1.29, 1.82) is 0 Å². The standard InChI is InChI=1S/C18H32N4O3S.HI/c1-4-19-18(20-13-9-15-22(3)26(23,24)5-2)21-14-10-16-25-17-11-7-6-8-12-17;/h6-8,11-12H,4-5,9-10,13-16H2,1-3H3,(H2,19,20,21);1H. The predicted octanol–water partition coefficient (Wildman–Crippen LogP) is 2.30. The quantitative estimate of drug-likeness (QED) is 0.195. The lowest BCUT2D eigenvalue weighted by Gasteiger charge is -2.16. The molecule has 0 bridgehead atoms. The molecule has 0 radical (unpaired) electrons. The second kappa shape index (κ2) is 14.9. The van der Waals surface area contributed by atoms with Crippen LogP contribution in [0.2, 0.25) is 0 Å². The lowest BCUT2D eigenvalue weighted by molar-refractivity contribution is 0.313. The molecule has 27 heavy (non-hydrogen) atoms. The van der Waals surface area contributed by atoms with Gasteiger partial charge < -0.3 is 15.4 Å². The number of guanidine groups is 1. The molecule has 1 aromatic rings. The highest BCUT2D eigenvalue weighted by atomic mass is 127. The van der Waals surface area contributed by atoms with Gasteiger partial charge in [0.1, 0.15) is 5.75 Å². The van der Waals surface area contributed by atoms with E-state index in [1.165, 1.54) is 4.31 Å². The SMILES string of the molecule is CCNC(=NCCCOc1ccccc1)NCCCN(C)S(=O)(=O)CC.I. The van der Waals surface area contributed by atoms with Gasteiger partial charge in [0.15, 0.2) is 5.96 Å². The minimum Gasteiger partial charge on any atom is -0.494 e. The number of halogens is 1. The Bertz CT molecular complexity index is 627. The van der Waals surface area contributed by atoms with Crippen LogP contribution in [-0.2, 0) is 10.0 Å². The van der Waals surface area contributed by atoms with Crippen LogP contribution in [0.15, 0.2) is 35.3 Å². The number of nitrogens with one attached hydrogen (secondary N) is 2. The Morgan fingerprint density at radius 3 is 2.48 bits per heavy atom. The van der Waals surface area contributed by atoms with Crippen molar-refractivity contribution in [2.24, 2.45) is 4.99 Å². The van der Waals surface area contributed by atoms with Crippen molar-refractivity contribution in [2.75, 3.05) is 45.6 Å². The smallest absolute Gasteiger partial charge is 0.213 e. The number of para-hydroxylation sites is 1. The highest BCUT2D eigenvalue weighted by molar-refractivity contribution is 14.0. The first-order valence-electron chi connectivity index (χ1n) is 9.13. The number of ether oxygens (including phenoxy) is 1. The fourth-order valence-electron chi connectivity index (χ4n) is 2.17. The summed E-state index contributed by atoms with van der Waals surface area (Å²) in [5, 5.41) is 6.42. The van der Waals surface area contributed by atoms with Crippen LogP contribution < -0.4 is 15.4 Å². The molecule has 0 saturated carbocycles. The van der Waals surface area contributed by atoms with Crippen LogP contribution in [0.4, 0.5) is 0 Å². The second-order valence-electron chi connectivity index (χ2n) is 5.78. The third-order valence-corrected chi connectivity index (χ3v) is 5.57.